The van der Waals surface area contributed by atoms with Crippen molar-refractivity contribution in [1.29, 1.82) is 0 Å². The van der Waals surface area contributed by atoms with Crippen LogP contribution in [0, 0.1) is 29.1 Å². The first-order valence-electron chi connectivity index (χ1n) is 12.2. The Bertz CT molecular complexity index is 1790. The molecule has 1 aromatic heterocycles. The van der Waals surface area contributed by atoms with Crippen molar-refractivity contribution in [3.8, 4) is 23.0 Å². The van der Waals surface area contributed by atoms with Gasteiger partial charge in [-0.05, 0) is 50.2 Å². The lowest BCUT2D eigenvalue weighted by atomic mass is 10.2. The molecule has 0 bridgehead atoms. The van der Waals surface area contributed by atoms with Crippen LogP contribution in [0.25, 0.3) is 11.0 Å². The highest BCUT2D eigenvalue weighted by molar-refractivity contribution is 5.89. The van der Waals surface area contributed by atoms with E-state index in [2.05, 4.69) is 4.74 Å². The van der Waals surface area contributed by atoms with Crippen LogP contribution in [0.1, 0.15) is 30.0 Å². The summed E-state index contributed by atoms with van der Waals surface area (Å²) >= 11 is 0. The molecular weight excluding hydrogens is 616 g/mol. The molecule has 0 aliphatic carbocycles. The topological polar surface area (TPSA) is 101 Å². The van der Waals surface area contributed by atoms with Crippen molar-refractivity contribution in [1.82, 2.24) is 0 Å². The highest BCUT2D eigenvalue weighted by Gasteiger charge is 2.40. The van der Waals surface area contributed by atoms with E-state index in [0.29, 0.717) is 6.07 Å². The first kappa shape index (κ1) is 31.8. The van der Waals surface area contributed by atoms with Crippen LogP contribution in [0.4, 0.5) is 35.1 Å². The van der Waals surface area contributed by atoms with Gasteiger partial charge in [0, 0.05) is 6.07 Å². The second kappa shape index (κ2) is 12.2. The Morgan fingerprint density at radius 2 is 1.41 bits per heavy atom. The van der Waals surface area contributed by atoms with Gasteiger partial charge in [0.15, 0.2) is 11.9 Å². The SMILES string of the molecule is CCOC(=O)c1ccc(Oc2c(C(F)(F)F)oc3cc(OC(=O)C(C)Oc4c(F)c(F)c(F)c(F)c4F)ccc3c2=O)cc1. The van der Waals surface area contributed by atoms with Crippen molar-refractivity contribution in [3.05, 3.63) is 93.1 Å². The molecule has 1 heterocycles. The lowest BCUT2D eigenvalue weighted by molar-refractivity contribution is -0.154. The lowest BCUT2D eigenvalue weighted by Crippen LogP contribution is -2.29. The van der Waals surface area contributed by atoms with Crippen LogP contribution in [0.15, 0.2) is 51.7 Å². The molecule has 1 atom stereocenters. The number of hydrogen-bond acceptors (Lipinski definition) is 8. The van der Waals surface area contributed by atoms with E-state index in [0.717, 1.165) is 31.2 Å². The maximum Gasteiger partial charge on any atom is 0.453 e. The highest BCUT2D eigenvalue weighted by atomic mass is 19.4. The number of hydrogen-bond donors (Lipinski definition) is 0. The van der Waals surface area contributed by atoms with Crippen molar-refractivity contribution < 1.29 is 68.1 Å². The molecule has 16 heteroatoms. The van der Waals surface area contributed by atoms with Crippen molar-refractivity contribution in [3.63, 3.8) is 0 Å². The molecule has 0 radical (unpaired) electrons. The van der Waals surface area contributed by atoms with Gasteiger partial charge in [-0.25, -0.2) is 22.8 Å². The van der Waals surface area contributed by atoms with Crippen LogP contribution in [0.2, 0.25) is 0 Å². The number of benzene rings is 3. The Labute approximate surface area is 240 Å². The number of carbonyl (C=O) groups is 2. The molecule has 0 saturated carbocycles. The molecule has 232 valence electrons. The van der Waals surface area contributed by atoms with Gasteiger partial charge in [-0.15, -0.1) is 0 Å². The van der Waals surface area contributed by atoms with E-state index in [1.807, 2.05) is 0 Å². The summed E-state index contributed by atoms with van der Waals surface area (Å²) in [5.41, 5.74) is -1.95. The number of alkyl halides is 3. The van der Waals surface area contributed by atoms with Crippen LogP contribution < -0.4 is 19.6 Å². The predicted octanol–water partition coefficient (Wildman–Crippen LogP) is 6.85. The van der Waals surface area contributed by atoms with Gasteiger partial charge in [0.05, 0.1) is 17.6 Å². The number of esters is 2. The standard InChI is InChI=1S/C28H16F8O8/c1-3-40-27(39)12-4-6-13(7-5-12)42-24-22(37)15-9-8-14(10-16(15)44-25(24)28(34,35)36)43-26(38)11(2)41-23-20(32)18(30)17(29)19(31)21(23)33/h4-11H,3H2,1-2H3. The third-order valence-electron chi connectivity index (χ3n) is 5.68. The molecule has 4 rings (SSSR count). The number of rotatable bonds is 8. The molecule has 0 aliphatic heterocycles. The molecule has 0 amide bonds. The van der Waals surface area contributed by atoms with Gasteiger partial charge in [-0.1, -0.05) is 0 Å². The zero-order chi connectivity index (χ0) is 32.5. The van der Waals surface area contributed by atoms with E-state index in [-0.39, 0.29) is 17.9 Å². The van der Waals surface area contributed by atoms with Gasteiger partial charge >= 0.3 is 18.1 Å². The average Bonchev–Trinajstić information content (AvgIpc) is 2.98. The fourth-order valence-electron chi connectivity index (χ4n) is 3.60. The van der Waals surface area contributed by atoms with Gasteiger partial charge in [0.1, 0.15) is 17.1 Å². The zero-order valence-corrected chi connectivity index (χ0v) is 22.1. The maximum absolute atomic E-state index is 13.9. The molecule has 1 unspecified atom stereocenters. The second-order valence-electron chi connectivity index (χ2n) is 8.67. The van der Waals surface area contributed by atoms with Gasteiger partial charge in [-0.2, -0.15) is 22.0 Å². The Morgan fingerprint density at radius 3 is 1.98 bits per heavy atom. The number of fused-ring (bicyclic) bond motifs is 1. The molecule has 0 aliphatic rings. The van der Waals surface area contributed by atoms with Gasteiger partial charge < -0.3 is 23.4 Å². The van der Waals surface area contributed by atoms with E-state index in [4.69, 9.17) is 18.6 Å². The lowest BCUT2D eigenvalue weighted by Gasteiger charge is -2.16. The summed E-state index contributed by atoms with van der Waals surface area (Å²) in [5.74, 6) is -19.7. The third-order valence-corrected chi connectivity index (χ3v) is 5.68. The van der Waals surface area contributed by atoms with E-state index in [1.165, 1.54) is 12.1 Å². The minimum absolute atomic E-state index is 0.0647. The fraction of sp³-hybridized carbons (Fsp3) is 0.179. The first-order chi connectivity index (χ1) is 20.6. The van der Waals surface area contributed by atoms with Crippen LogP contribution in [-0.2, 0) is 15.7 Å². The average molecular weight is 632 g/mol. The summed E-state index contributed by atoms with van der Waals surface area (Å²) in [5, 5.41) is -0.457. The maximum atomic E-state index is 13.9. The molecule has 3 aromatic carbocycles. The van der Waals surface area contributed by atoms with Crippen LogP contribution in [0.3, 0.4) is 0 Å². The minimum atomic E-state index is -5.27. The number of halogens is 8. The van der Waals surface area contributed by atoms with E-state index >= 15 is 0 Å². The molecule has 44 heavy (non-hydrogen) atoms. The van der Waals surface area contributed by atoms with Crippen LogP contribution in [-0.4, -0.2) is 24.6 Å². The van der Waals surface area contributed by atoms with Gasteiger partial charge in [0.2, 0.25) is 40.3 Å². The quantitative estimate of drug-likeness (QED) is 0.0684. The monoisotopic (exact) mass is 632 g/mol. The van der Waals surface area contributed by atoms with E-state index in [1.54, 1.807) is 6.92 Å². The van der Waals surface area contributed by atoms with Crippen molar-refractivity contribution >= 4 is 22.9 Å². The molecule has 0 N–H and O–H groups in total. The Morgan fingerprint density at radius 1 is 0.841 bits per heavy atom. The summed E-state index contributed by atoms with van der Waals surface area (Å²) in [6, 6.07) is 7.18. The molecule has 0 fully saturated rings. The summed E-state index contributed by atoms with van der Waals surface area (Å²) in [7, 11) is 0. The molecule has 0 spiro atoms. The largest absolute Gasteiger partial charge is 0.473 e. The Kier molecular flexibility index (Phi) is 8.83. The Balaban J connectivity index is 1.62. The van der Waals surface area contributed by atoms with E-state index in [9.17, 15) is 49.5 Å². The fourth-order valence-corrected chi connectivity index (χ4v) is 3.60. The summed E-state index contributed by atoms with van der Waals surface area (Å²) in [6.45, 7) is 2.48. The number of ether oxygens (including phenoxy) is 4. The highest BCUT2D eigenvalue weighted by Crippen LogP contribution is 2.39. The van der Waals surface area contributed by atoms with Crippen molar-refractivity contribution in [2.24, 2.45) is 0 Å². The van der Waals surface area contributed by atoms with Crippen molar-refractivity contribution in [2.75, 3.05) is 6.61 Å². The third kappa shape index (κ3) is 6.28. The molecule has 0 saturated heterocycles. The van der Waals surface area contributed by atoms with Gasteiger partial charge in [-0.3, -0.25) is 4.79 Å². The predicted molar refractivity (Wildman–Crippen MR) is 132 cm³/mol. The van der Waals surface area contributed by atoms with E-state index < -0.39 is 92.7 Å². The molecule has 8 nitrogen and oxygen atoms in total. The van der Waals surface area contributed by atoms with Crippen molar-refractivity contribution in [2.45, 2.75) is 26.1 Å². The van der Waals surface area contributed by atoms with Gasteiger partial charge in [0.25, 0.3) is 5.76 Å². The second-order valence-corrected chi connectivity index (χ2v) is 8.67. The van der Waals surface area contributed by atoms with Crippen LogP contribution in [0.5, 0.6) is 23.0 Å². The molecule has 4 aromatic rings. The normalized spacial score (nSPS) is 12.1. The molecular formula is C28H16F8O8. The summed E-state index contributed by atoms with van der Waals surface area (Å²) in [6.07, 6.45) is -7.26. The zero-order valence-electron chi connectivity index (χ0n) is 22.1. The minimum Gasteiger partial charge on any atom is -0.473 e. The first-order valence-corrected chi connectivity index (χ1v) is 12.2. The summed E-state index contributed by atoms with van der Waals surface area (Å²) < 4.78 is 134. The summed E-state index contributed by atoms with van der Waals surface area (Å²) in [4.78, 5) is 37.2. The van der Waals surface area contributed by atoms with Crippen LogP contribution >= 0.6 is 0 Å². The Hall–Kier alpha value is -5.15. The smallest absolute Gasteiger partial charge is 0.453 e. The number of carbonyl (C=O) groups excluding carboxylic acids is 2.